The summed E-state index contributed by atoms with van der Waals surface area (Å²) in [5.74, 6) is -0.228. The van der Waals surface area contributed by atoms with Crippen molar-refractivity contribution in [3.05, 3.63) is 17.7 Å². The van der Waals surface area contributed by atoms with E-state index in [1.165, 1.54) is 14.2 Å². The van der Waals surface area contributed by atoms with E-state index in [-0.39, 0.29) is 42.5 Å². The van der Waals surface area contributed by atoms with Crippen LogP contribution < -0.4 is 9.47 Å². The van der Waals surface area contributed by atoms with Crippen molar-refractivity contribution in [2.75, 3.05) is 20.8 Å². The van der Waals surface area contributed by atoms with Crippen LogP contribution in [0.2, 0.25) is 0 Å². The van der Waals surface area contributed by atoms with Gasteiger partial charge in [-0.1, -0.05) is 0 Å². The molecule has 0 saturated heterocycles. The van der Waals surface area contributed by atoms with Crippen LogP contribution >= 0.6 is 0 Å². The van der Waals surface area contributed by atoms with Crippen molar-refractivity contribution in [1.29, 1.82) is 0 Å². The van der Waals surface area contributed by atoms with Gasteiger partial charge in [-0.25, -0.2) is 0 Å². The Labute approximate surface area is 123 Å². The van der Waals surface area contributed by atoms with Gasteiger partial charge in [0.2, 0.25) is 5.75 Å². The zero-order chi connectivity index (χ0) is 15.8. The van der Waals surface area contributed by atoms with Crippen LogP contribution in [0.4, 0.5) is 0 Å². The Bertz CT molecular complexity index is 484. The number of ketones is 1. The van der Waals surface area contributed by atoms with Crippen LogP contribution in [0.5, 0.6) is 17.2 Å². The third-order valence-electron chi connectivity index (χ3n) is 2.88. The Morgan fingerprint density at radius 2 is 1.71 bits per heavy atom. The molecule has 0 aliphatic rings. The van der Waals surface area contributed by atoms with Gasteiger partial charge in [0.1, 0.15) is 12.2 Å². The van der Waals surface area contributed by atoms with Gasteiger partial charge in [0, 0.05) is 6.42 Å². The highest BCUT2D eigenvalue weighted by atomic mass is 16.5. The van der Waals surface area contributed by atoms with Crippen molar-refractivity contribution in [1.82, 2.24) is 0 Å². The summed E-state index contributed by atoms with van der Waals surface area (Å²) in [6, 6.07) is 3.27. The van der Waals surface area contributed by atoms with Crippen molar-refractivity contribution >= 4 is 11.8 Å². The van der Waals surface area contributed by atoms with E-state index < -0.39 is 5.97 Å². The predicted octanol–water partition coefficient (Wildman–Crippen LogP) is 1.86. The molecular formula is C15H20O6. The average molecular weight is 296 g/mol. The predicted molar refractivity (Wildman–Crippen MR) is 75.8 cm³/mol. The molecule has 0 amide bonds. The molecule has 0 bridgehead atoms. The van der Waals surface area contributed by atoms with E-state index in [2.05, 4.69) is 0 Å². The number of ether oxygens (including phenoxy) is 3. The van der Waals surface area contributed by atoms with Gasteiger partial charge in [-0.3, -0.25) is 9.59 Å². The normalized spacial score (nSPS) is 10.0. The topological polar surface area (TPSA) is 82.1 Å². The fraction of sp³-hybridized carbons (Fsp3) is 0.467. The zero-order valence-electron chi connectivity index (χ0n) is 12.5. The molecule has 0 aliphatic heterocycles. The van der Waals surface area contributed by atoms with Crippen LogP contribution in [0, 0.1) is 0 Å². The van der Waals surface area contributed by atoms with Crippen molar-refractivity contribution in [3.63, 3.8) is 0 Å². The van der Waals surface area contributed by atoms with Crippen molar-refractivity contribution in [2.24, 2.45) is 0 Å². The molecule has 1 N–H and O–H groups in total. The molecule has 0 fully saturated rings. The number of hydrogen-bond donors (Lipinski definition) is 1. The third kappa shape index (κ3) is 4.98. The number of methoxy groups -OCH3 is 2. The molecule has 0 heterocycles. The second kappa shape index (κ2) is 8.14. The van der Waals surface area contributed by atoms with Crippen LogP contribution in [-0.4, -0.2) is 37.7 Å². The number of esters is 1. The lowest BCUT2D eigenvalue weighted by Crippen LogP contribution is -2.11. The summed E-state index contributed by atoms with van der Waals surface area (Å²) in [5.41, 5.74) is 0.777. The molecule has 0 spiro atoms. The summed E-state index contributed by atoms with van der Waals surface area (Å²) in [5, 5.41) is 9.79. The molecule has 6 nitrogen and oxygen atoms in total. The zero-order valence-corrected chi connectivity index (χ0v) is 12.5. The molecule has 0 saturated carbocycles. The van der Waals surface area contributed by atoms with Crippen molar-refractivity contribution in [2.45, 2.75) is 26.2 Å². The summed E-state index contributed by atoms with van der Waals surface area (Å²) in [6.45, 7) is 1.95. The van der Waals surface area contributed by atoms with Crippen molar-refractivity contribution in [3.8, 4) is 17.2 Å². The minimum absolute atomic E-state index is 0.0819. The van der Waals surface area contributed by atoms with Gasteiger partial charge in [-0.05, 0) is 31.0 Å². The Morgan fingerprint density at radius 3 is 2.19 bits per heavy atom. The van der Waals surface area contributed by atoms with Gasteiger partial charge in [-0.2, -0.15) is 0 Å². The lowest BCUT2D eigenvalue weighted by Gasteiger charge is -2.11. The van der Waals surface area contributed by atoms with Gasteiger partial charge >= 0.3 is 5.97 Å². The van der Waals surface area contributed by atoms with Gasteiger partial charge in [0.05, 0.1) is 20.8 Å². The summed E-state index contributed by atoms with van der Waals surface area (Å²) in [7, 11) is 2.87. The molecule has 0 aliphatic carbocycles. The van der Waals surface area contributed by atoms with Crippen LogP contribution in [0.15, 0.2) is 12.1 Å². The number of carbonyl (C=O) groups excluding carboxylic acids is 2. The number of phenols is 1. The average Bonchev–Trinajstić information content (AvgIpc) is 2.46. The van der Waals surface area contributed by atoms with Gasteiger partial charge < -0.3 is 19.3 Å². The van der Waals surface area contributed by atoms with Crippen LogP contribution in [0.25, 0.3) is 0 Å². The number of aryl methyl sites for hydroxylation is 1. The van der Waals surface area contributed by atoms with E-state index in [0.717, 1.165) is 5.56 Å². The molecular weight excluding hydrogens is 276 g/mol. The molecule has 0 atom stereocenters. The minimum atomic E-state index is -0.511. The summed E-state index contributed by atoms with van der Waals surface area (Å²) < 4.78 is 14.8. The number of rotatable bonds is 8. The highest BCUT2D eigenvalue weighted by molar-refractivity contribution is 5.95. The SMILES string of the molecule is CCOC(=O)CC(=O)CCc1cc(OC)c(O)c(OC)c1. The second-order valence-corrected chi connectivity index (χ2v) is 4.37. The van der Waals surface area contributed by atoms with Gasteiger partial charge in [0.25, 0.3) is 0 Å². The standard InChI is InChI=1S/C15H20O6/c1-4-21-14(17)9-11(16)6-5-10-7-12(19-2)15(18)13(8-10)20-3/h7-8,18H,4-6,9H2,1-3H3. The van der Waals surface area contributed by atoms with E-state index in [0.29, 0.717) is 6.42 Å². The molecule has 6 heteroatoms. The maximum Gasteiger partial charge on any atom is 0.313 e. The maximum absolute atomic E-state index is 11.7. The Morgan fingerprint density at radius 1 is 1.14 bits per heavy atom. The fourth-order valence-corrected chi connectivity index (χ4v) is 1.84. The first-order valence-corrected chi connectivity index (χ1v) is 6.63. The largest absolute Gasteiger partial charge is 0.502 e. The first kappa shape index (κ1) is 16.8. The second-order valence-electron chi connectivity index (χ2n) is 4.37. The number of aromatic hydroxyl groups is 1. The van der Waals surface area contributed by atoms with Gasteiger partial charge in [0.15, 0.2) is 11.5 Å². The van der Waals surface area contributed by atoms with Crippen LogP contribution in [0.1, 0.15) is 25.3 Å². The van der Waals surface area contributed by atoms with E-state index >= 15 is 0 Å². The van der Waals surface area contributed by atoms with Crippen LogP contribution in [-0.2, 0) is 20.7 Å². The number of hydrogen-bond acceptors (Lipinski definition) is 6. The Balaban J connectivity index is 2.67. The molecule has 1 rings (SSSR count). The smallest absolute Gasteiger partial charge is 0.313 e. The molecule has 0 unspecified atom stereocenters. The lowest BCUT2D eigenvalue weighted by atomic mass is 10.0. The highest BCUT2D eigenvalue weighted by Crippen LogP contribution is 2.37. The summed E-state index contributed by atoms with van der Waals surface area (Å²) >= 11 is 0. The van der Waals surface area contributed by atoms with Crippen LogP contribution in [0.3, 0.4) is 0 Å². The molecule has 116 valence electrons. The molecule has 21 heavy (non-hydrogen) atoms. The monoisotopic (exact) mass is 296 g/mol. The van der Waals surface area contributed by atoms with E-state index in [4.69, 9.17) is 14.2 Å². The quantitative estimate of drug-likeness (QED) is 0.582. The van der Waals surface area contributed by atoms with E-state index in [9.17, 15) is 14.7 Å². The first-order valence-electron chi connectivity index (χ1n) is 6.63. The number of Topliss-reactive ketones (excluding diaryl/α,β-unsaturated/α-hetero) is 1. The third-order valence-corrected chi connectivity index (χ3v) is 2.88. The Kier molecular flexibility index (Phi) is 6.52. The maximum atomic E-state index is 11.7. The van der Waals surface area contributed by atoms with Crippen molar-refractivity contribution < 1.29 is 28.9 Å². The molecule has 1 aromatic rings. The molecule has 0 aromatic heterocycles. The molecule has 0 radical (unpaired) electrons. The Hall–Kier alpha value is -2.24. The number of phenolic OH excluding ortho intramolecular Hbond substituents is 1. The van der Waals surface area contributed by atoms with E-state index in [1.807, 2.05) is 0 Å². The number of benzene rings is 1. The van der Waals surface area contributed by atoms with Gasteiger partial charge in [-0.15, -0.1) is 0 Å². The first-order chi connectivity index (χ1) is 10.0. The summed E-state index contributed by atoms with van der Waals surface area (Å²) in [6.07, 6.45) is 0.404. The lowest BCUT2D eigenvalue weighted by molar-refractivity contribution is -0.145. The van der Waals surface area contributed by atoms with E-state index in [1.54, 1.807) is 19.1 Å². The fourth-order valence-electron chi connectivity index (χ4n) is 1.84. The molecule has 1 aromatic carbocycles. The summed E-state index contributed by atoms with van der Waals surface area (Å²) in [4.78, 5) is 22.9. The number of carbonyl (C=O) groups is 2. The minimum Gasteiger partial charge on any atom is -0.502 e. The highest BCUT2D eigenvalue weighted by Gasteiger charge is 2.14.